The van der Waals surface area contributed by atoms with Crippen LogP contribution in [-0.4, -0.2) is 32.2 Å². The Balaban J connectivity index is 2.31. The topological polar surface area (TPSA) is 69.7 Å². The zero-order chi connectivity index (χ0) is 16.1. The summed E-state index contributed by atoms with van der Waals surface area (Å²) >= 11 is 5.76. The van der Waals surface area contributed by atoms with Gasteiger partial charge < -0.3 is 19.5 Å². The number of nitrogens with one attached hydrogen (secondary N) is 1. The van der Waals surface area contributed by atoms with Crippen molar-refractivity contribution in [1.82, 2.24) is 4.98 Å². The summed E-state index contributed by atoms with van der Waals surface area (Å²) in [6, 6.07) is 6.37. The van der Waals surface area contributed by atoms with Crippen molar-refractivity contribution in [3.05, 3.63) is 41.0 Å². The Bertz CT molecular complexity index is 649. The van der Waals surface area contributed by atoms with Crippen molar-refractivity contribution < 1.29 is 19.0 Å². The van der Waals surface area contributed by atoms with Crippen molar-refractivity contribution in [2.75, 3.05) is 26.6 Å². The van der Waals surface area contributed by atoms with E-state index in [4.69, 9.17) is 25.8 Å². The van der Waals surface area contributed by atoms with Crippen LogP contribution in [0.3, 0.4) is 0 Å². The SMILES string of the molecule is COc1cc(C(=O)Nc2ccc(Cl)cn2)cc(OC)c1OC. The molecule has 0 atom stereocenters. The van der Waals surface area contributed by atoms with Gasteiger partial charge in [0, 0.05) is 11.8 Å². The second kappa shape index (κ2) is 7.00. The molecule has 0 unspecified atom stereocenters. The molecule has 6 nitrogen and oxygen atoms in total. The third kappa shape index (κ3) is 3.40. The van der Waals surface area contributed by atoms with Crippen molar-refractivity contribution in [2.24, 2.45) is 0 Å². The monoisotopic (exact) mass is 322 g/mol. The number of amides is 1. The highest BCUT2D eigenvalue weighted by Gasteiger charge is 2.17. The number of carbonyl (C=O) groups is 1. The Morgan fingerprint density at radius 1 is 1.09 bits per heavy atom. The molecule has 0 fully saturated rings. The van der Waals surface area contributed by atoms with Crippen LogP contribution in [0.4, 0.5) is 5.82 Å². The van der Waals surface area contributed by atoms with Crippen LogP contribution in [0.2, 0.25) is 5.02 Å². The molecule has 1 aromatic carbocycles. The molecule has 0 aliphatic carbocycles. The summed E-state index contributed by atoms with van der Waals surface area (Å²) in [6.07, 6.45) is 1.45. The lowest BCUT2D eigenvalue weighted by Gasteiger charge is -2.14. The van der Waals surface area contributed by atoms with E-state index in [1.807, 2.05) is 0 Å². The molecule has 1 heterocycles. The van der Waals surface area contributed by atoms with Crippen LogP contribution in [0.5, 0.6) is 17.2 Å². The van der Waals surface area contributed by atoms with E-state index in [-0.39, 0.29) is 5.91 Å². The fourth-order valence-corrected chi connectivity index (χ4v) is 1.96. The number of benzene rings is 1. The van der Waals surface area contributed by atoms with Gasteiger partial charge in [-0.3, -0.25) is 4.79 Å². The molecule has 1 aromatic heterocycles. The van der Waals surface area contributed by atoms with E-state index in [0.29, 0.717) is 33.7 Å². The van der Waals surface area contributed by atoms with Gasteiger partial charge >= 0.3 is 0 Å². The van der Waals surface area contributed by atoms with Gasteiger partial charge in [-0.1, -0.05) is 11.6 Å². The molecule has 0 spiro atoms. The van der Waals surface area contributed by atoms with Crippen molar-refractivity contribution in [3.8, 4) is 17.2 Å². The van der Waals surface area contributed by atoms with Crippen LogP contribution in [-0.2, 0) is 0 Å². The maximum atomic E-state index is 12.3. The lowest BCUT2D eigenvalue weighted by atomic mass is 10.1. The number of nitrogens with zero attached hydrogens (tertiary/aromatic N) is 1. The van der Waals surface area contributed by atoms with E-state index in [2.05, 4.69) is 10.3 Å². The minimum Gasteiger partial charge on any atom is -0.493 e. The third-order valence-corrected chi connectivity index (χ3v) is 3.12. The molecule has 0 saturated carbocycles. The van der Waals surface area contributed by atoms with Crippen molar-refractivity contribution in [2.45, 2.75) is 0 Å². The molecule has 0 aliphatic heterocycles. The summed E-state index contributed by atoms with van der Waals surface area (Å²) in [5.41, 5.74) is 0.353. The molecule has 2 aromatic rings. The number of rotatable bonds is 5. The van der Waals surface area contributed by atoms with Crippen LogP contribution >= 0.6 is 11.6 Å². The number of ether oxygens (including phenoxy) is 3. The lowest BCUT2D eigenvalue weighted by molar-refractivity contribution is 0.102. The molecular formula is C15H15ClN2O4. The van der Waals surface area contributed by atoms with Gasteiger partial charge in [-0.2, -0.15) is 0 Å². The van der Waals surface area contributed by atoms with Gasteiger partial charge in [-0.15, -0.1) is 0 Å². The van der Waals surface area contributed by atoms with Gasteiger partial charge in [-0.25, -0.2) is 4.98 Å². The van der Waals surface area contributed by atoms with E-state index in [1.54, 1.807) is 24.3 Å². The average molecular weight is 323 g/mol. The quantitative estimate of drug-likeness (QED) is 0.916. The zero-order valence-corrected chi connectivity index (χ0v) is 13.1. The predicted octanol–water partition coefficient (Wildman–Crippen LogP) is 3.01. The number of aromatic nitrogens is 1. The number of carbonyl (C=O) groups excluding carboxylic acids is 1. The fraction of sp³-hybridized carbons (Fsp3) is 0.200. The van der Waals surface area contributed by atoms with Gasteiger partial charge in [0.2, 0.25) is 5.75 Å². The minimum absolute atomic E-state index is 0.353. The van der Waals surface area contributed by atoms with Crippen molar-refractivity contribution in [1.29, 1.82) is 0 Å². The number of halogens is 1. The summed E-state index contributed by atoms with van der Waals surface area (Å²) in [5.74, 6) is 1.26. The smallest absolute Gasteiger partial charge is 0.257 e. The molecule has 7 heteroatoms. The van der Waals surface area contributed by atoms with E-state index in [9.17, 15) is 4.79 Å². The molecule has 1 amide bonds. The van der Waals surface area contributed by atoms with Crippen molar-refractivity contribution in [3.63, 3.8) is 0 Å². The van der Waals surface area contributed by atoms with Crippen LogP contribution in [0.1, 0.15) is 10.4 Å². The Morgan fingerprint density at radius 3 is 2.18 bits per heavy atom. The Labute approximate surface area is 133 Å². The third-order valence-electron chi connectivity index (χ3n) is 2.90. The Kier molecular flexibility index (Phi) is 5.06. The van der Waals surface area contributed by atoms with E-state index in [1.165, 1.54) is 27.5 Å². The molecule has 2 rings (SSSR count). The first-order chi connectivity index (χ1) is 10.6. The second-order valence-corrected chi connectivity index (χ2v) is 4.67. The normalized spacial score (nSPS) is 10.0. The maximum absolute atomic E-state index is 12.3. The molecule has 0 saturated heterocycles. The molecule has 0 radical (unpaired) electrons. The van der Waals surface area contributed by atoms with Crippen LogP contribution in [0.25, 0.3) is 0 Å². The molecule has 0 bridgehead atoms. The lowest BCUT2D eigenvalue weighted by Crippen LogP contribution is -2.13. The largest absolute Gasteiger partial charge is 0.493 e. The predicted molar refractivity (Wildman–Crippen MR) is 83.3 cm³/mol. The molecule has 0 aliphatic rings. The first kappa shape index (κ1) is 15.9. The summed E-state index contributed by atoms with van der Waals surface area (Å²) in [4.78, 5) is 16.3. The maximum Gasteiger partial charge on any atom is 0.257 e. The van der Waals surface area contributed by atoms with Crippen LogP contribution in [0.15, 0.2) is 30.5 Å². The summed E-state index contributed by atoms with van der Waals surface area (Å²) in [5, 5.41) is 3.16. The highest BCUT2D eigenvalue weighted by atomic mass is 35.5. The number of anilines is 1. The standard InChI is InChI=1S/C15H15ClN2O4/c1-20-11-6-9(7-12(21-2)14(11)22-3)15(19)18-13-5-4-10(16)8-17-13/h4-8H,1-3H3,(H,17,18,19). The summed E-state index contributed by atoms with van der Waals surface area (Å²) in [7, 11) is 4.47. The zero-order valence-electron chi connectivity index (χ0n) is 12.3. The highest BCUT2D eigenvalue weighted by Crippen LogP contribution is 2.38. The highest BCUT2D eigenvalue weighted by molar-refractivity contribution is 6.30. The molecule has 22 heavy (non-hydrogen) atoms. The van der Waals surface area contributed by atoms with Gasteiger partial charge in [0.1, 0.15) is 5.82 Å². The first-order valence-corrected chi connectivity index (χ1v) is 6.69. The van der Waals surface area contributed by atoms with E-state index >= 15 is 0 Å². The van der Waals surface area contributed by atoms with Gasteiger partial charge in [0.25, 0.3) is 5.91 Å². The Hall–Kier alpha value is -2.47. The first-order valence-electron chi connectivity index (χ1n) is 6.32. The van der Waals surface area contributed by atoms with Crippen molar-refractivity contribution >= 4 is 23.3 Å². The number of pyridine rings is 1. The van der Waals surface area contributed by atoms with E-state index in [0.717, 1.165) is 0 Å². The number of hydrogen-bond donors (Lipinski definition) is 1. The number of methoxy groups -OCH3 is 3. The van der Waals surface area contributed by atoms with Gasteiger partial charge in [0.05, 0.1) is 26.4 Å². The molecule has 1 N–H and O–H groups in total. The Morgan fingerprint density at radius 2 is 1.73 bits per heavy atom. The average Bonchev–Trinajstić information content (AvgIpc) is 2.55. The van der Waals surface area contributed by atoms with Gasteiger partial charge in [0.15, 0.2) is 11.5 Å². The molecule has 116 valence electrons. The summed E-state index contributed by atoms with van der Waals surface area (Å²) < 4.78 is 15.7. The van der Waals surface area contributed by atoms with Gasteiger partial charge in [-0.05, 0) is 24.3 Å². The second-order valence-electron chi connectivity index (χ2n) is 4.23. The fourth-order valence-electron chi connectivity index (χ4n) is 1.85. The van der Waals surface area contributed by atoms with Crippen LogP contribution < -0.4 is 19.5 Å². The van der Waals surface area contributed by atoms with Crippen LogP contribution in [0, 0.1) is 0 Å². The minimum atomic E-state index is -0.353. The summed E-state index contributed by atoms with van der Waals surface area (Å²) in [6.45, 7) is 0. The number of hydrogen-bond acceptors (Lipinski definition) is 5. The van der Waals surface area contributed by atoms with E-state index < -0.39 is 0 Å². The molecular weight excluding hydrogens is 308 g/mol.